The predicted octanol–water partition coefficient (Wildman–Crippen LogP) is -0.518. The van der Waals surface area contributed by atoms with Gasteiger partial charge in [0.2, 0.25) is 0 Å². The molecule has 0 spiro atoms. The van der Waals surface area contributed by atoms with Crippen LogP contribution in [-0.2, 0) is 0 Å². The van der Waals surface area contributed by atoms with Crippen molar-refractivity contribution in [2.75, 3.05) is 13.2 Å². The number of piperidine rings is 1. The predicted molar refractivity (Wildman–Crippen MR) is 38.7 cm³/mol. The second kappa shape index (κ2) is 3.91. The lowest BCUT2D eigenvalue weighted by atomic mass is 10.0. The highest BCUT2D eigenvalue weighted by atomic mass is 16.3. The Balaban J connectivity index is 2.24. The second-order valence-electron chi connectivity index (χ2n) is 2.81. The van der Waals surface area contributed by atoms with Crippen molar-refractivity contribution in [3.8, 4) is 0 Å². The standard InChI is InChI=1S/C7H15NO2/c9-5-7(10)6-3-1-2-4-8-6/h6-10H,1-5H2/t6?,7-/m1/s1. The van der Waals surface area contributed by atoms with Crippen LogP contribution in [0.2, 0.25) is 0 Å². The highest BCUT2D eigenvalue weighted by Gasteiger charge is 2.19. The van der Waals surface area contributed by atoms with Gasteiger partial charge in [0.15, 0.2) is 0 Å². The van der Waals surface area contributed by atoms with Gasteiger partial charge in [0.1, 0.15) is 0 Å². The summed E-state index contributed by atoms with van der Waals surface area (Å²) < 4.78 is 0. The van der Waals surface area contributed by atoms with Crippen LogP contribution >= 0.6 is 0 Å². The van der Waals surface area contributed by atoms with E-state index in [0.717, 1.165) is 19.4 Å². The van der Waals surface area contributed by atoms with Crippen LogP contribution in [0, 0.1) is 0 Å². The van der Waals surface area contributed by atoms with Crippen molar-refractivity contribution in [1.29, 1.82) is 0 Å². The Bertz CT molecular complexity index is 91.6. The van der Waals surface area contributed by atoms with Gasteiger partial charge in [0.25, 0.3) is 0 Å². The fraction of sp³-hybridized carbons (Fsp3) is 1.00. The summed E-state index contributed by atoms with van der Waals surface area (Å²) >= 11 is 0. The Hall–Kier alpha value is -0.120. The fourth-order valence-electron chi connectivity index (χ4n) is 1.33. The number of rotatable bonds is 2. The van der Waals surface area contributed by atoms with E-state index in [9.17, 15) is 5.11 Å². The van der Waals surface area contributed by atoms with Crippen molar-refractivity contribution in [2.24, 2.45) is 0 Å². The molecular weight excluding hydrogens is 130 g/mol. The lowest BCUT2D eigenvalue weighted by molar-refractivity contribution is 0.0543. The van der Waals surface area contributed by atoms with E-state index >= 15 is 0 Å². The maximum Gasteiger partial charge on any atom is 0.0923 e. The van der Waals surface area contributed by atoms with Crippen molar-refractivity contribution in [2.45, 2.75) is 31.4 Å². The molecule has 1 unspecified atom stereocenters. The van der Waals surface area contributed by atoms with Crippen LogP contribution in [0.5, 0.6) is 0 Å². The summed E-state index contributed by atoms with van der Waals surface area (Å²) in [5.41, 5.74) is 0. The highest BCUT2D eigenvalue weighted by molar-refractivity contribution is 4.78. The molecule has 0 bridgehead atoms. The minimum absolute atomic E-state index is 0.124. The molecule has 0 aromatic heterocycles. The van der Waals surface area contributed by atoms with E-state index in [0.29, 0.717) is 0 Å². The molecule has 1 saturated heterocycles. The minimum Gasteiger partial charge on any atom is -0.394 e. The van der Waals surface area contributed by atoms with E-state index in [4.69, 9.17) is 5.11 Å². The van der Waals surface area contributed by atoms with Gasteiger partial charge in [-0.1, -0.05) is 6.42 Å². The summed E-state index contributed by atoms with van der Waals surface area (Å²) in [6, 6.07) is 0.124. The number of nitrogens with one attached hydrogen (secondary N) is 1. The molecule has 0 aromatic carbocycles. The first-order valence-electron chi connectivity index (χ1n) is 3.87. The first-order valence-corrected chi connectivity index (χ1v) is 3.87. The SMILES string of the molecule is OC[C@@H](O)C1CCCCN1. The van der Waals surface area contributed by atoms with E-state index in [1.165, 1.54) is 6.42 Å². The quantitative estimate of drug-likeness (QED) is 0.490. The maximum absolute atomic E-state index is 9.17. The highest BCUT2D eigenvalue weighted by Crippen LogP contribution is 2.09. The summed E-state index contributed by atoms with van der Waals surface area (Å²) in [4.78, 5) is 0. The zero-order valence-corrected chi connectivity index (χ0v) is 6.08. The van der Waals surface area contributed by atoms with Crippen LogP contribution in [0.3, 0.4) is 0 Å². The summed E-state index contributed by atoms with van der Waals surface area (Å²) in [5, 5.41) is 20.9. The second-order valence-corrected chi connectivity index (χ2v) is 2.81. The maximum atomic E-state index is 9.17. The molecule has 3 N–H and O–H groups in total. The Kier molecular flexibility index (Phi) is 3.12. The van der Waals surface area contributed by atoms with Crippen LogP contribution < -0.4 is 5.32 Å². The monoisotopic (exact) mass is 145 g/mol. The van der Waals surface area contributed by atoms with Crippen molar-refractivity contribution in [3.05, 3.63) is 0 Å². The zero-order chi connectivity index (χ0) is 7.40. The topological polar surface area (TPSA) is 52.5 Å². The largest absolute Gasteiger partial charge is 0.394 e. The van der Waals surface area contributed by atoms with Gasteiger partial charge >= 0.3 is 0 Å². The molecule has 1 aliphatic heterocycles. The van der Waals surface area contributed by atoms with Gasteiger partial charge in [-0.25, -0.2) is 0 Å². The zero-order valence-electron chi connectivity index (χ0n) is 6.08. The van der Waals surface area contributed by atoms with E-state index in [1.807, 2.05) is 0 Å². The number of hydrogen-bond acceptors (Lipinski definition) is 3. The normalized spacial score (nSPS) is 30.0. The van der Waals surface area contributed by atoms with E-state index < -0.39 is 6.10 Å². The van der Waals surface area contributed by atoms with Crippen molar-refractivity contribution < 1.29 is 10.2 Å². The van der Waals surface area contributed by atoms with Crippen molar-refractivity contribution in [1.82, 2.24) is 5.32 Å². The molecule has 3 nitrogen and oxygen atoms in total. The van der Waals surface area contributed by atoms with Gasteiger partial charge in [0, 0.05) is 6.04 Å². The molecule has 0 saturated carbocycles. The molecule has 3 heteroatoms. The number of hydrogen-bond donors (Lipinski definition) is 3. The third-order valence-electron chi connectivity index (χ3n) is 2.00. The molecule has 0 aromatic rings. The summed E-state index contributed by atoms with van der Waals surface area (Å²) in [7, 11) is 0. The third kappa shape index (κ3) is 1.94. The van der Waals surface area contributed by atoms with Gasteiger partial charge in [-0.05, 0) is 19.4 Å². The van der Waals surface area contributed by atoms with E-state index in [1.54, 1.807) is 0 Å². The first-order chi connectivity index (χ1) is 4.84. The van der Waals surface area contributed by atoms with Gasteiger partial charge in [-0.2, -0.15) is 0 Å². The smallest absolute Gasteiger partial charge is 0.0923 e. The minimum atomic E-state index is -0.569. The van der Waals surface area contributed by atoms with Crippen LogP contribution in [0.1, 0.15) is 19.3 Å². The lowest BCUT2D eigenvalue weighted by Gasteiger charge is -2.26. The molecule has 1 heterocycles. The summed E-state index contributed by atoms with van der Waals surface area (Å²) in [6.07, 6.45) is 2.77. The Morgan fingerprint density at radius 2 is 2.30 bits per heavy atom. The molecule has 1 rings (SSSR count). The van der Waals surface area contributed by atoms with Gasteiger partial charge < -0.3 is 15.5 Å². The number of aliphatic hydroxyl groups excluding tert-OH is 2. The summed E-state index contributed by atoms with van der Waals surface area (Å²) in [5.74, 6) is 0. The molecule has 10 heavy (non-hydrogen) atoms. The van der Waals surface area contributed by atoms with E-state index in [-0.39, 0.29) is 12.6 Å². The van der Waals surface area contributed by atoms with Crippen molar-refractivity contribution >= 4 is 0 Å². The Morgan fingerprint density at radius 1 is 1.50 bits per heavy atom. The Morgan fingerprint density at radius 3 is 2.80 bits per heavy atom. The molecule has 0 aliphatic carbocycles. The van der Waals surface area contributed by atoms with Gasteiger partial charge in [0.05, 0.1) is 12.7 Å². The third-order valence-corrected chi connectivity index (χ3v) is 2.00. The van der Waals surface area contributed by atoms with Crippen LogP contribution in [-0.4, -0.2) is 35.5 Å². The molecule has 0 amide bonds. The van der Waals surface area contributed by atoms with E-state index in [2.05, 4.69) is 5.32 Å². The first kappa shape index (κ1) is 7.98. The average Bonchev–Trinajstić information content (AvgIpc) is 2.05. The molecule has 2 atom stereocenters. The molecule has 0 radical (unpaired) electrons. The fourth-order valence-corrected chi connectivity index (χ4v) is 1.33. The van der Waals surface area contributed by atoms with Crippen molar-refractivity contribution in [3.63, 3.8) is 0 Å². The van der Waals surface area contributed by atoms with Gasteiger partial charge in [-0.3, -0.25) is 0 Å². The van der Waals surface area contributed by atoms with Gasteiger partial charge in [-0.15, -0.1) is 0 Å². The molecule has 1 aliphatic rings. The summed E-state index contributed by atoms with van der Waals surface area (Å²) in [6.45, 7) is 0.847. The van der Waals surface area contributed by atoms with Crippen LogP contribution in [0.25, 0.3) is 0 Å². The lowest BCUT2D eigenvalue weighted by Crippen LogP contribution is -2.44. The van der Waals surface area contributed by atoms with Crippen LogP contribution in [0.15, 0.2) is 0 Å². The molecule has 60 valence electrons. The Labute approximate surface area is 61.1 Å². The molecule has 1 fully saturated rings. The average molecular weight is 145 g/mol. The van der Waals surface area contributed by atoms with Crippen LogP contribution in [0.4, 0.5) is 0 Å². The number of aliphatic hydroxyl groups is 2. The molecular formula is C7H15NO2.